The fourth-order valence-electron chi connectivity index (χ4n) is 1.88. The molecule has 1 aromatic rings. The van der Waals surface area contributed by atoms with E-state index in [2.05, 4.69) is 22.0 Å². The highest BCUT2D eigenvalue weighted by Gasteiger charge is 2.14. The van der Waals surface area contributed by atoms with Gasteiger partial charge in [-0.1, -0.05) is 35.0 Å². The van der Waals surface area contributed by atoms with E-state index in [1.54, 1.807) is 6.92 Å². The molecular weight excluding hydrogens is 294 g/mol. The quantitative estimate of drug-likeness (QED) is 0.620. The molecule has 0 spiro atoms. The Morgan fingerprint density at radius 2 is 2.06 bits per heavy atom. The van der Waals surface area contributed by atoms with Crippen molar-refractivity contribution in [2.24, 2.45) is 0 Å². The molecule has 1 aromatic carbocycles. The van der Waals surface area contributed by atoms with Crippen LogP contribution >= 0.6 is 15.9 Å². The van der Waals surface area contributed by atoms with Crippen molar-refractivity contribution in [3.63, 3.8) is 0 Å². The summed E-state index contributed by atoms with van der Waals surface area (Å²) >= 11 is 3.40. The molecule has 0 radical (unpaired) electrons. The van der Waals surface area contributed by atoms with Gasteiger partial charge in [0.1, 0.15) is 0 Å². The number of esters is 1. The second-order valence-electron chi connectivity index (χ2n) is 3.82. The molecule has 3 nitrogen and oxygen atoms in total. The normalized spacial score (nSPS) is 9.89. The Kier molecular flexibility index (Phi) is 5.87. The number of ether oxygens (including phenoxy) is 1. The number of halogens is 1. The van der Waals surface area contributed by atoms with Crippen molar-refractivity contribution < 1.29 is 9.53 Å². The summed E-state index contributed by atoms with van der Waals surface area (Å²) < 4.78 is 4.92. The minimum absolute atomic E-state index is 0.153. The van der Waals surface area contributed by atoms with Crippen LogP contribution in [0, 0.1) is 11.3 Å². The third-order valence-electron chi connectivity index (χ3n) is 2.76. The van der Waals surface area contributed by atoms with Gasteiger partial charge in [-0.2, -0.15) is 5.26 Å². The van der Waals surface area contributed by atoms with E-state index in [0.717, 1.165) is 23.1 Å². The van der Waals surface area contributed by atoms with E-state index in [9.17, 15) is 10.1 Å². The van der Waals surface area contributed by atoms with Gasteiger partial charge in [-0.25, -0.2) is 0 Å². The lowest BCUT2D eigenvalue weighted by Gasteiger charge is -2.11. The van der Waals surface area contributed by atoms with Crippen molar-refractivity contribution in [2.45, 2.75) is 32.0 Å². The zero-order valence-electron chi connectivity index (χ0n) is 10.6. The summed E-state index contributed by atoms with van der Waals surface area (Å²) in [7, 11) is 0. The molecule has 0 fully saturated rings. The third-order valence-corrected chi connectivity index (χ3v) is 3.32. The first-order chi connectivity index (χ1) is 8.67. The van der Waals surface area contributed by atoms with Gasteiger partial charge < -0.3 is 4.74 Å². The molecule has 0 bridgehead atoms. The summed E-state index contributed by atoms with van der Waals surface area (Å²) in [6.45, 7) is 4.18. The van der Waals surface area contributed by atoms with E-state index >= 15 is 0 Å². The molecule has 0 aromatic heterocycles. The minimum Gasteiger partial charge on any atom is -0.466 e. The maximum Gasteiger partial charge on any atom is 0.310 e. The highest BCUT2D eigenvalue weighted by Crippen LogP contribution is 2.22. The number of carbonyl (C=O) groups excluding carboxylic acids is 1. The van der Waals surface area contributed by atoms with Crippen molar-refractivity contribution in [1.29, 1.82) is 5.26 Å². The van der Waals surface area contributed by atoms with Crippen LogP contribution in [-0.4, -0.2) is 12.6 Å². The van der Waals surface area contributed by atoms with Gasteiger partial charge in [0, 0.05) is 5.33 Å². The zero-order valence-corrected chi connectivity index (χ0v) is 12.2. The Morgan fingerprint density at radius 3 is 2.56 bits per heavy atom. The molecule has 0 aliphatic rings. The van der Waals surface area contributed by atoms with Gasteiger partial charge in [0.25, 0.3) is 0 Å². The number of nitriles is 1. The Hall–Kier alpha value is -1.34. The first-order valence-electron chi connectivity index (χ1n) is 5.93. The van der Waals surface area contributed by atoms with Crippen molar-refractivity contribution in [3.8, 4) is 6.07 Å². The van der Waals surface area contributed by atoms with Crippen molar-refractivity contribution in [1.82, 2.24) is 0 Å². The number of hydrogen-bond donors (Lipinski definition) is 0. The van der Waals surface area contributed by atoms with Crippen LogP contribution in [0.3, 0.4) is 0 Å². The highest BCUT2D eigenvalue weighted by atomic mass is 79.9. The lowest BCUT2D eigenvalue weighted by molar-refractivity contribution is -0.142. The number of rotatable bonds is 5. The van der Waals surface area contributed by atoms with Gasteiger partial charge in [-0.3, -0.25) is 4.79 Å². The van der Waals surface area contributed by atoms with Crippen LogP contribution in [0.4, 0.5) is 0 Å². The fraction of sp³-hybridized carbons (Fsp3) is 0.429. The molecule has 18 heavy (non-hydrogen) atoms. The lowest BCUT2D eigenvalue weighted by atomic mass is 9.95. The van der Waals surface area contributed by atoms with Crippen LogP contribution in [0.15, 0.2) is 12.1 Å². The van der Waals surface area contributed by atoms with Crippen LogP contribution < -0.4 is 0 Å². The molecule has 0 atom stereocenters. The highest BCUT2D eigenvalue weighted by molar-refractivity contribution is 9.08. The Morgan fingerprint density at radius 1 is 1.39 bits per heavy atom. The Bertz CT molecular complexity index is 477. The molecular formula is C14H16BrNO2. The van der Waals surface area contributed by atoms with Gasteiger partial charge in [-0.05, 0) is 30.0 Å². The second kappa shape index (κ2) is 7.17. The van der Waals surface area contributed by atoms with Crippen LogP contribution in [0.2, 0.25) is 0 Å². The van der Waals surface area contributed by atoms with Gasteiger partial charge in [0.15, 0.2) is 0 Å². The van der Waals surface area contributed by atoms with Gasteiger partial charge in [0.2, 0.25) is 0 Å². The zero-order chi connectivity index (χ0) is 13.5. The number of alkyl halides is 1. The molecule has 1 rings (SSSR count). The maximum absolute atomic E-state index is 11.5. The van der Waals surface area contributed by atoms with Crippen molar-refractivity contribution in [2.75, 3.05) is 6.61 Å². The summed E-state index contributed by atoms with van der Waals surface area (Å²) in [5.41, 5.74) is 3.44. The van der Waals surface area contributed by atoms with E-state index < -0.39 is 0 Å². The largest absolute Gasteiger partial charge is 0.466 e. The van der Waals surface area contributed by atoms with E-state index in [4.69, 9.17) is 4.74 Å². The first-order valence-corrected chi connectivity index (χ1v) is 7.05. The third kappa shape index (κ3) is 3.33. The maximum atomic E-state index is 11.5. The molecule has 0 saturated heterocycles. The fourth-order valence-corrected chi connectivity index (χ4v) is 2.52. The van der Waals surface area contributed by atoms with Gasteiger partial charge >= 0.3 is 5.97 Å². The van der Waals surface area contributed by atoms with Crippen molar-refractivity contribution in [3.05, 3.63) is 34.4 Å². The molecule has 96 valence electrons. The van der Waals surface area contributed by atoms with E-state index in [-0.39, 0.29) is 12.4 Å². The molecule has 0 amide bonds. The molecule has 0 heterocycles. The SMILES string of the molecule is CCOC(=O)Cc1ccc(CC)c(CBr)c1C#N. The number of aryl methyl sites for hydroxylation is 1. The molecule has 0 saturated carbocycles. The number of carbonyl (C=O) groups is 1. The van der Waals surface area contributed by atoms with Gasteiger partial charge in [0.05, 0.1) is 24.7 Å². The van der Waals surface area contributed by atoms with Crippen LogP contribution in [-0.2, 0) is 27.7 Å². The summed E-state index contributed by atoms with van der Waals surface area (Å²) in [5.74, 6) is -0.293. The average Bonchev–Trinajstić information content (AvgIpc) is 2.38. The van der Waals surface area contributed by atoms with Crippen LogP contribution in [0.1, 0.15) is 36.1 Å². The predicted molar refractivity (Wildman–Crippen MR) is 73.5 cm³/mol. The van der Waals surface area contributed by atoms with E-state index in [1.165, 1.54) is 0 Å². The molecule has 0 aliphatic carbocycles. The first kappa shape index (κ1) is 14.7. The van der Waals surface area contributed by atoms with Gasteiger partial charge in [-0.15, -0.1) is 0 Å². The molecule has 0 N–H and O–H groups in total. The number of benzene rings is 1. The topological polar surface area (TPSA) is 50.1 Å². The van der Waals surface area contributed by atoms with E-state index in [1.807, 2.05) is 19.1 Å². The van der Waals surface area contributed by atoms with Crippen LogP contribution in [0.5, 0.6) is 0 Å². The number of hydrogen-bond acceptors (Lipinski definition) is 3. The second-order valence-corrected chi connectivity index (χ2v) is 4.38. The lowest BCUT2D eigenvalue weighted by Crippen LogP contribution is -2.10. The molecule has 4 heteroatoms. The average molecular weight is 310 g/mol. The summed E-state index contributed by atoms with van der Waals surface area (Å²) in [6, 6.07) is 6.03. The summed E-state index contributed by atoms with van der Waals surface area (Å²) in [5, 5.41) is 9.89. The van der Waals surface area contributed by atoms with E-state index in [0.29, 0.717) is 17.5 Å². The smallest absolute Gasteiger partial charge is 0.310 e. The van der Waals surface area contributed by atoms with Crippen LogP contribution in [0.25, 0.3) is 0 Å². The summed E-state index contributed by atoms with van der Waals surface area (Å²) in [6.07, 6.45) is 1.02. The predicted octanol–water partition coefficient (Wildman–Crippen LogP) is 3.12. The summed E-state index contributed by atoms with van der Waals surface area (Å²) in [4.78, 5) is 11.5. The Labute approximate surface area is 116 Å². The monoisotopic (exact) mass is 309 g/mol. The Balaban J connectivity index is 3.14. The molecule has 0 unspecified atom stereocenters. The minimum atomic E-state index is -0.293. The van der Waals surface area contributed by atoms with Crippen molar-refractivity contribution >= 4 is 21.9 Å². The standard InChI is InChI=1S/C14H16BrNO2/c1-3-10-5-6-11(7-14(17)18-4-2)13(9-16)12(10)8-15/h5-6H,3-4,7-8H2,1-2H3. The molecule has 0 aliphatic heterocycles. The number of nitrogens with zero attached hydrogens (tertiary/aromatic N) is 1.